The van der Waals surface area contributed by atoms with Gasteiger partial charge in [-0.25, -0.2) is 9.59 Å². The molecule has 3 aromatic rings. The fourth-order valence-corrected chi connectivity index (χ4v) is 6.10. The third-order valence-electron chi connectivity index (χ3n) is 8.36. The molecule has 1 unspecified atom stereocenters. The second-order valence-corrected chi connectivity index (χ2v) is 12.0. The van der Waals surface area contributed by atoms with Crippen LogP contribution in [-0.4, -0.2) is 78.2 Å². The zero-order valence-corrected chi connectivity index (χ0v) is 25.8. The van der Waals surface area contributed by atoms with Crippen LogP contribution in [0.3, 0.4) is 0 Å². The summed E-state index contributed by atoms with van der Waals surface area (Å²) in [6.07, 6.45) is -3.63. The predicted molar refractivity (Wildman–Crippen MR) is 166 cm³/mol. The first-order chi connectivity index (χ1) is 22.4. The molecular weight excluding hydrogens is 639 g/mol. The molecule has 1 atom stereocenters. The summed E-state index contributed by atoms with van der Waals surface area (Å²) in [6, 6.07) is 16.8. The normalized spacial score (nSPS) is 19.5. The number of halogens is 4. The van der Waals surface area contributed by atoms with Crippen LogP contribution < -0.4 is 9.96 Å². The Bertz CT molecular complexity index is 1760. The first-order valence-corrected chi connectivity index (χ1v) is 15.4. The number of rotatable bonds is 6. The number of hydrogen-bond donors (Lipinski definition) is 1. The molecule has 0 aromatic heterocycles. The van der Waals surface area contributed by atoms with Gasteiger partial charge in [-0.1, -0.05) is 35.9 Å². The van der Waals surface area contributed by atoms with Gasteiger partial charge in [-0.3, -0.25) is 19.4 Å². The molecule has 0 spiro atoms. The van der Waals surface area contributed by atoms with Crippen LogP contribution in [0.5, 0.6) is 0 Å². The quantitative estimate of drug-likeness (QED) is 0.384. The van der Waals surface area contributed by atoms with Crippen molar-refractivity contribution in [3.05, 3.63) is 99.6 Å². The fraction of sp³-hybridized carbons (Fsp3) is 0.303. The van der Waals surface area contributed by atoms with Crippen molar-refractivity contribution in [2.24, 2.45) is 4.99 Å². The molecule has 10 nitrogen and oxygen atoms in total. The average Bonchev–Trinajstić information content (AvgIpc) is 3.78. The first kappa shape index (κ1) is 32.2. The fourth-order valence-electron chi connectivity index (χ4n) is 5.98. The summed E-state index contributed by atoms with van der Waals surface area (Å²) in [6.45, 7) is 0.885. The molecule has 3 aliphatic heterocycles. The molecule has 0 bridgehead atoms. The van der Waals surface area contributed by atoms with Gasteiger partial charge in [0.25, 0.3) is 11.8 Å². The average molecular weight is 669 g/mol. The maximum atomic E-state index is 14.4. The Morgan fingerprint density at radius 1 is 0.894 bits per heavy atom. The lowest BCUT2D eigenvalue weighted by molar-refractivity contribution is -0.235. The maximum absolute atomic E-state index is 14.4. The van der Waals surface area contributed by atoms with E-state index in [0.29, 0.717) is 53.7 Å². The van der Waals surface area contributed by atoms with Crippen LogP contribution in [0.25, 0.3) is 0 Å². The summed E-state index contributed by atoms with van der Waals surface area (Å²) in [5.74, 6) is -3.85. The number of likely N-dealkylation sites (tertiary alicyclic amines) is 1. The van der Waals surface area contributed by atoms with E-state index in [9.17, 15) is 32.3 Å². The van der Waals surface area contributed by atoms with Crippen LogP contribution in [0.1, 0.15) is 50.2 Å². The molecule has 0 saturated carbocycles. The number of carbonyl (C=O) groups excluding carboxylic acids is 4. The number of amidine groups is 1. The Hall–Kier alpha value is -4.75. The highest BCUT2D eigenvalue weighted by atomic mass is 35.5. The summed E-state index contributed by atoms with van der Waals surface area (Å²) >= 11 is 5.99. The third kappa shape index (κ3) is 6.58. The minimum atomic E-state index is -5.43. The van der Waals surface area contributed by atoms with Gasteiger partial charge in [-0.15, -0.1) is 0 Å². The van der Waals surface area contributed by atoms with E-state index in [-0.39, 0.29) is 29.3 Å². The van der Waals surface area contributed by atoms with Gasteiger partial charge in [-0.2, -0.15) is 13.2 Å². The number of quaternary nitrogens is 1. The minimum Gasteiger partial charge on any atom is -0.368 e. The number of benzene rings is 3. The molecule has 6 rings (SSSR count). The molecule has 1 saturated heterocycles. The number of alkyl halides is 3. The van der Waals surface area contributed by atoms with Crippen molar-refractivity contribution in [2.45, 2.75) is 32.1 Å². The highest BCUT2D eigenvalue weighted by molar-refractivity contribution is 6.30. The van der Waals surface area contributed by atoms with Crippen molar-refractivity contribution in [1.82, 2.24) is 19.8 Å². The zero-order chi connectivity index (χ0) is 33.3. The van der Waals surface area contributed by atoms with Gasteiger partial charge in [0.15, 0.2) is 12.2 Å². The highest BCUT2D eigenvalue weighted by Gasteiger charge is 2.55. The second kappa shape index (κ2) is 12.8. The Kier molecular flexibility index (Phi) is 8.77. The van der Waals surface area contributed by atoms with Gasteiger partial charge < -0.3 is 15.1 Å². The van der Waals surface area contributed by atoms with Crippen molar-refractivity contribution in [2.75, 3.05) is 32.7 Å². The van der Waals surface area contributed by atoms with E-state index >= 15 is 0 Å². The summed E-state index contributed by atoms with van der Waals surface area (Å²) in [4.78, 5) is 66.0. The number of nitrogens with zero attached hydrogens (tertiary/aromatic N) is 4. The molecule has 3 aliphatic rings. The molecule has 3 aromatic carbocycles. The van der Waals surface area contributed by atoms with Crippen molar-refractivity contribution in [3.63, 3.8) is 0 Å². The summed E-state index contributed by atoms with van der Waals surface area (Å²) < 4.78 is 40.0. The van der Waals surface area contributed by atoms with Gasteiger partial charge in [0, 0.05) is 58.5 Å². The van der Waals surface area contributed by atoms with Gasteiger partial charge in [0.2, 0.25) is 0 Å². The largest absolute Gasteiger partial charge is 0.497 e. The van der Waals surface area contributed by atoms with E-state index in [4.69, 9.17) is 16.4 Å². The molecule has 3 amide bonds. The van der Waals surface area contributed by atoms with Crippen LogP contribution >= 0.6 is 11.6 Å². The number of amides is 3. The van der Waals surface area contributed by atoms with Gasteiger partial charge >= 0.3 is 18.1 Å². The van der Waals surface area contributed by atoms with Crippen LogP contribution in [0.15, 0.2) is 71.7 Å². The molecule has 1 N–H and O–H groups in total. The number of aliphatic imine (C=N–C) groups is 1. The van der Waals surface area contributed by atoms with E-state index in [1.807, 2.05) is 0 Å². The Balaban J connectivity index is 1.46. The monoisotopic (exact) mass is 668 g/mol. The summed E-state index contributed by atoms with van der Waals surface area (Å²) in [5, 5.41) is 3.49. The SMILES string of the molecule is O=C(c1ccc(C[N+]2(OC(=O)C(F)(F)F)C(=O)CN(C(=O)c3ccc(Cl)cc3)Cc3ccc(C4=NCCN4)cc32)cc1)N1CCCC1. The molecule has 14 heteroatoms. The van der Waals surface area contributed by atoms with Crippen molar-refractivity contribution < 1.29 is 37.2 Å². The van der Waals surface area contributed by atoms with Crippen LogP contribution in [0, 0.1) is 0 Å². The van der Waals surface area contributed by atoms with E-state index in [2.05, 4.69) is 10.3 Å². The minimum absolute atomic E-state index is 0.0508. The zero-order valence-electron chi connectivity index (χ0n) is 25.1. The lowest BCUT2D eigenvalue weighted by Gasteiger charge is -2.32. The predicted octanol–water partition coefficient (Wildman–Crippen LogP) is 4.64. The molecule has 1 fully saturated rings. The first-order valence-electron chi connectivity index (χ1n) is 15.0. The van der Waals surface area contributed by atoms with E-state index in [1.54, 1.807) is 17.0 Å². The number of nitrogens with one attached hydrogen (secondary N) is 1. The molecule has 47 heavy (non-hydrogen) atoms. The van der Waals surface area contributed by atoms with E-state index in [0.717, 1.165) is 12.8 Å². The van der Waals surface area contributed by atoms with Gasteiger partial charge in [0.1, 0.15) is 12.4 Å². The van der Waals surface area contributed by atoms with Crippen LogP contribution in [0.4, 0.5) is 18.9 Å². The topological polar surface area (TPSA) is 108 Å². The standard InChI is InChI=1S/C33H30ClF3N5O5/c34-26-11-9-23(10-12-26)31(45)41-18-25-8-7-24(29-38-13-14-39-29)17-27(25)42(28(43)19-41,47-32(46)33(35,36)37)20-21-3-5-22(6-4-21)30(44)40-15-1-2-16-40/h3-12,17H,1-2,13-16,18-20H2,(H,38,39)/q+1. The number of carbonyl (C=O) groups is 4. The Morgan fingerprint density at radius 2 is 1.53 bits per heavy atom. The van der Waals surface area contributed by atoms with Crippen molar-refractivity contribution in [1.29, 1.82) is 0 Å². The van der Waals surface area contributed by atoms with Crippen LogP contribution in [-0.2, 0) is 27.5 Å². The number of hydrogen-bond acceptors (Lipinski definition) is 7. The van der Waals surface area contributed by atoms with Crippen LogP contribution in [0.2, 0.25) is 5.02 Å². The molecule has 0 radical (unpaired) electrons. The Morgan fingerprint density at radius 3 is 2.15 bits per heavy atom. The molecule has 244 valence electrons. The smallest absolute Gasteiger partial charge is 0.368 e. The van der Waals surface area contributed by atoms with Crippen molar-refractivity contribution in [3.8, 4) is 0 Å². The molecule has 3 heterocycles. The number of fused-ring (bicyclic) bond motifs is 1. The maximum Gasteiger partial charge on any atom is 0.497 e. The summed E-state index contributed by atoms with van der Waals surface area (Å²) in [5.41, 5.74) is 1.60. The molecule has 0 aliphatic carbocycles. The molecular formula is C33H30ClF3N5O5+. The van der Waals surface area contributed by atoms with E-state index in [1.165, 1.54) is 59.5 Å². The second-order valence-electron chi connectivity index (χ2n) is 11.5. The lowest BCUT2D eigenvalue weighted by atomic mass is 10.0. The van der Waals surface area contributed by atoms with Gasteiger partial charge in [-0.05, 0) is 53.9 Å². The lowest BCUT2D eigenvalue weighted by Crippen LogP contribution is -2.58. The third-order valence-corrected chi connectivity index (χ3v) is 8.61. The van der Waals surface area contributed by atoms with Gasteiger partial charge in [0.05, 0.1) is 13.1 Å². The summed E-state index contributed by atoms with van der Waals surface area (Å²) in [7, 11) is 0. The van der Waals surface area contributed by atoms with E-state index < -0.39 is 41.7 Å². The highest BCUT2D eigenvalue weighted by Crippen LogP contribution is 2.38. The van der Waals surface area contributed by atoms with Crippen molar-refractivity contribution >= 4 is 46.8 Å². The number of hydroxylamine groups is 2. The Labute approximate surface area is 272 Å².